The molecule has 2 aromatic heterocycles. The zero-order chi connectivity index (χ0) is 17.1. The maximum atomic E-state index is 13.0. The van der Waals surface area contributed by atoms with E-state index in [-0.39, 0.29) is 11.5 Å². The number of carbonyl (C=O) groups excluding carboxylic acids is 1. The molecule has 2 aromatic rings. The van der Waals surface area contributed by atoms with Gasteiger partial charge in [-0.2, -0.15) is 0 Å². The lowest BCUT2D eigenvalue weighted by Gasteiger charge is -2.33. The van der Waals surface area contributed by atoms with Crippen LogP contribution in [0.5, 0.6) is 0 Å². The van der Waals surface area contributed by atoms with Gasteiger partial charge in [-0.15, -0.1) is 0 Å². The SMILES string of the molecule is Cc1nc(C[C@H]2CCCN(c3ccc(F)cn3)C2)cc(C(N)=O)n1. The quantitative estimate of drug-likeness (QED) is 0.926. The first-order valence-electron chi connectivity index (χ1n) is 8.02. The van der Waals surface area contributed by atoms with Crippen molar-refractivity contribution < 1.29 is 9.18 Å². The van der Waals surface area contributed by atoms with E-state index in [1.165, 1.54) is 12.3 Å². The summed E-state index contributed by atoms with van der Waals surface area (Å²) in [6.45, 7) is 3.49. The Kier molecular flexibility index (Phi) is 4.69. The van der Waals surface area contributed by atoms with Crippen LogP contribution < -0.4 is 10.6 Å². The highest BCUT2D eigenvalue weighted by Crippen LogP contribution is 2.24. The lowest BCUT2D eigenvalue weighted by atomic mass is 9.93. The van der Waals surface area contributed by atoms with Gasteiger partial charge in [0.1, 0.15) is 23.2 Å². The standard InChI is InChI=1S/C17H20FN5O/c1-11-21-14(8-15(22-11)17(19)24)7-12-3-2-6-23(10-12)16-5-4-13(18)9-20-16/h4-5,8-9,12H,2-3,6-7,10H2,1H3,(H2,19,24)/t12-/m1/s1. The van der Waals surface area contributed by atoms with Crippen molar-refractivity contribution in [2.45, 2.75) is 26.2 Å². The topological polar surface area (TPSA) is 85.0 Å². The second-order valence-corrected chi connectivity index (χ2v) is 6.15. The van der Waals surface area contributed by atoms with Crippen LogP contribution in [-0.2, 0) is 6.42 Å². The van der Waals surface area contributed by atoms with Crippen LogP contribution in [0.25, 0.3) is 0 Å². The Balaban J connectivity index is 1.71. The first kappa shape index (κ1) is 16.3. The Morgan fingerprint density at radius 1 is 1.42 bits per heavy atom. The minimum absolute atomic E-state index is 0.255. The number of hydrogen-bond acceptors (Lipinski definition) is 5. The van der Waals surface area contributed by atoms with Crippen molar-refractivity contribution in [2.24, 2.45) is 11.7 Å². The number of anilines is 1. The minimum atomic E-state index is -0.539. The van der Waals surface area contributed by atoms with Crippen LogP contribution in [0.4, 0.5) is 10.2 Å². The molecule has 1 atom stereocenters. The van der Waals surface area contributed by atoms with Crippen LogP contribution in [-0.4, -0.2) is 33.9 Å². The van der Waals surface area contributed by atoms with E-state index >= 15 is 0 Å². The number of amides is 1. The average molecular weight is 329 g/mol. The molecule has 0 aliphatic carbocycles. The zero-order valence-electron chi connectivity index (χ0n) is 13.6. The molecule has 1 aliphatic rings. The highest BCUT2D eigenvalue weighted by molar-refractivity contribution is 5.90. The molecule has 0 bridgehead atoms. The Morgan fingerprint density at radius 2 is 2.25 bits per heavy atom. The van der Waals surface area contributed by atoms with Gasteiger partial charge in [0, 0.05) is 18.8 Å². The summed E-state index contributed by atoms with van der Waals surface area (Å²) in [7, 11) is 0. The fraction of sp³-hybridized carbons (Fsp3) is 0.412. The Morgan fingerprint density at radius 3 is 2.96 bits per heavy atom. The van der Waals surface area contributed by atoms with E-state index in [0.717, 1.165) is 43.9 Å². The van der Waals surface area contributed by atoms with E-state index < -0.39 is 5.91 Å². The van der Waals surface area contributed by atoms with Crippen LogP contribution in [0, 0.1) is 18.7 Å². The van der Waals surface area contributed by atoms with Crippen molar-refractivity contribution in [1.82, 2.24) is 15.0 Å². The molecule has 0 unspecified atom stereocenters. The Labute approximate surface area is 139 Å². The van der Waals surface area contributed by atoms with Gasteiger partial charge in [-0.05, 0) is 50.3 Å². The number of nitrogens with two attached hydrogens (primary N) is 1. The number of rotatable bonds is 4. The maximum Gasteiger partial charge on any atom is 0.267 e. The van der Waals surface area contributed by atoms with Gasteiger partial charge in [0.05, 0.1) is 6.20 Å². The van der Waals surface area contributed by atoms with E-state index in [0.29, 0.717) is 11.7 Å². The summed E-state index contributed by atoms with van der Waals surface area (Å²) in [5, 5.41) is 0. The Hall–Kier alpha value is -2.57. The highest BCUT2D eigenvalue weighted by atomic mass is 19.1. The molecule has 0 spiro atoms. The Bertz CT molecular complexity index is 734. The smallest absolute Gasteiger partial charge is 0.267 e. The van der Waals surface area contributed by atoms with Gasteiger partial charge in [0.2, 0.25) is 0 Å². The van der Waals surface area contributed by atoms with Gasteiger partial charge in [-0.3, -0.25) is 4.79 Å². The van der Waals surface area contributed by atoms with E-state index in [1.807, 2.05) is 0 Å². The molecule has 6 nitrogen and oxygen atoms in total. The monoisotopic (exact) mass is 329 g/mol. The first-order valence-corrected chi connectivity index (χ1v) is 8.02. The molecule has 7 heteroatoms. The molecule has 24 heavy (non-hydrogen) atoms. The maximum absolute atomic E-state index is 13.0. The summed E-state index contributed by atoms with van der Waals surface area (Å²) >= 11 is 0. The molecule has 2 N–H and O–H groups in total. The second kappa shape index (κ2) is 6.90. The normalized spacial score (nSPS) is 17.8. The number of hydrogen-bond donors (Lipinski definition) is 1. The van der Waals surface area contributed by atoms with Crippen molar-refractivity contribution in [3.05, 3.63) is 47.4 Å². The van der Waals surface area contributed by atoms with Gasteiger partial charge in [0.15, 0.2) is 0 Å². The van der Waals surface area contributed by atoms with Crippen molar-refractivity contribution >= 4 is 11.7 Å². The molecule has 1 amide bonds. The van der Waals surface area contributed by atoms with Gasteiger partial charge in [-0.25, -0.2) is 19.3 Å². The van der Waals surface area contributed by atoms with Gasteiger partial charge in [0.25, 0.3) is 5.91 Å². The number of primary amides is 1. The summed E-state index contributed by atoms with van der Waals surface area (Å²) in [4.78, 5) is 26.1. The fourth-order valence-electron chi connectivity index (χ4n) is 3.15. The number of nitrogens with zero attached hydrogens (tertiary/aromatic N) is 4. The van der Waals surface area contributed by atoms with Gasteiger partial charge >= 0.3 is 0 Å². The predicted molar refractivity (Wildman–Crippen MR) is 88.1 cm³/mol. The summed E-state index contributed by atoms with van der Waals surface area (Å²) < 4.78 is 13.0. The summed E-state index contributed by atoms with van der Waals surface area (Å²) in [5.74, 6) is 0.859. The number of aryl methyl sites for hydroxylation is 1. The predicted octanol–water partition coefficient (Wildman–Crippen LogP) is 1.88. The van der Waals surface area contributed by atoms with Gasteiger partial charge in [-0.1, -0.05) is 0 Å². The number of piperidine rings is 1. The van der Waals surface area contributed by atoms with Crippen molar-refractivity contribution in [2.75, 3.05) is 18.0 Å². The van der Waals surface area contributed by atoms with E-state index in [2.05, 4.69) is 19.9 Å². The van der Waals surface area contributed by atoms with E-state index in [1.54, 1.807) is 19.1 Å². The minimum Gasteiger partial charge on any atom is -0.364 e. The molecule has 0 radical (unpaired) electrons. The largest absolute Gasteiger partial charge is 0.364 e. The molecule has 126 valence electrons. The number of pyridine rings is 1. The molecule has 3 heterocycles. The van der Waals surface area contributed by atoms with Crippen LogP contribution in [0.1, 0.15) is 34.8 Å². The summed E-state index contributed by atoms with van der Waals surface area (Å²) in [6.07, 6.45) is 4.11. The fourth-order valence-corrected chi connectivity index (χ4v) is 3.15. The van der Waals surface area contributed by atoms with Crippen molar-refractivity contribution in [1.29, 1.82) is 0 Å². The molecular formula is C17H20FN5O. The third-order valence-corrected chi connectivity index (χ3v) is 4.20. The molecule has 3 rings (SSSR count). The van der Waals surface area contributed by atoms with Crippen LogP contribution in [0.15, 0.2) is 24.4 Å². The molecule has 1 aliphatic heterocycles. The third-order valence-electron chi connectivity index (χ3n) is 4.20. The third kappa shape index (κ3) is 3.84. The number of aromatic nitrogens is 3. The summed E-state index contributed by atoms with van der Waals surface area (Å²) in [6, 6.07) is 4.81. The van der Waals surface area contributed by atoms with Crippen molar-refractivity contribution in [3.8, 4) is 0 Å². The van der Waals surface area contributed by atoms with E-state index in [9.17, 15) is 9.18 Å². The molecular weight excluding hydrogens is 309 g/mol. The van der Waals surface area contributed by atoms with E-state index in [4.69, 9.17) is 5.73 Å². The zero-order valence-corrected chi connectivity index (χ0v) is 13.6. The van der Waals surface area contributed by atoms with Crippen molar-refractivity contribution in [3.63, 3.8) is 0 Å². The first-order chi connectivity index (χ1) is 11.5. The van der Waals surface area contributed by atoms with Crippen LogP contribution in [0.2, 0.25) is 0 Å². The number of halogens is 1. The average Bonchev–Trinajstić information content (AvgIpc) is 2.55. The summed E-state index contributed by atoms with van der Waals surface area (Å²) in [5.41, 5.74) is 6.40. The number of carbonyl (C=O) groups is 1. The van der Waals surface area contributed by atoms with Crippen LogP contribution >= 0.6 is 0 Å². The molecule has 1 saturated heterocycles. The molecule has 1 fully saturated rings. The molecule has 0 aromatic carbocycles. The van der Waals surface area contributed by atoms with Crippen LogP contribution in [0.3, 0.4) is 0 Å². The van der Waals surface area contributed by atoms with Gasteiger partial charge < -0.3 is 10.6 Å². The second-order valence-electron chi connectivity index (χ2n) is 6.15. The lowest BCUT2D eigenvalue weighted by molar-refractivity contribution is 0.0995. The highest BCUT2D eigenvalue weighted by Gasteiger charge is 2.22. The molecule has 0 saturated carbocycles. The lowest BCUT2D eigenvalue weighted by Crippen LogP contribution is -2.37.